The molecule has 0 saturated heterocycles. The second-order valence-corrected chi connectivity index (χ2v) is 2.34. The number of hydrogen-bond acceptors (Lipinski definition) is 1. The Balaban J connectivity index is 2.33. The minimum absolute atomic E-state index is 0.304. The van der Waals surface area contributed by atoms with E-state index in [1.54, 1.807) is 0 Å². The highest BCUT2D eigenvalue weighted by Gasteiger charge is 2.34. The Hall–Kier alpha value is 0.120. The molecule has 0 amide bonds. The molecule has 2 heteroatoms. The number of halogens is 1. The number of aliphatic hydroxyl groups excluding tert-OH is 1. The van der Waals surface area contributed by atoms with E-state index in [0.717, 1.165) is 24.6 Å². The molecular weight excluding hydrogens is 112 g/mol. The van der Waals surface area contributed by atoms with E-state index < -0.39 is 0 Å². The third kappa shape index (κ3) is 1.01. The fourth-order valence-corrected chi connectivity index (χ4v) is 1.03. The smallest absolute Gasteiger partial charge is 0.230 e. The van der Waals surface area contributed by atoms with Crippen LogP contribution in [0.2, 0.25) is 0 Å². The van der Waals surface area contributed by atoms with E-state index in [1.807, 2.05) is 0 Å². The number of hydrogen-bond donors (Lipinski definition) is 1. The van der Waals surface area contributed by atoms with E-state index in [0.29, 0.717) is 0 Å². The molecule has 1 atom stereocenters. The highest BCUT2D eigenvalue weighted by Crippen LogP contribution is 2.30. The molecule has 1 rings (SSSR count). The average Bonchev–Trinajstić information content (AvgIpc) is 1.91. The lowest BCUT2D eigenvalue weighted by Crippen LogP contribution is -2.03. The summed E-state index contributed by atoms with van der Waals surface area (Å²) in [5.74, 6) is 0. The topological polar surface area (TPSA) is 20.2 Å². The van der Waals surface area contributed by atoms with Gasteiger partial charge in [0, 0.05) is 6.42 Å². The van der Waals surface area contributed by atoms with Gasteiger partial charge in [-0.25, -0.2) is 0 Å². The van der Waals surface area contributed by atoms with Crippen LogP contribution in [0.3, 0.4) is 0 Å². The Morgan fingerprint density at radius 3 is 2.57 bits per heavy atom. The van der Waals surface area contributed by atoms with E-state index in [2.05, 4.69) is 0 Å². The van der Waals surface area contributed by atoms with Crippen LogP contribution < -0.4 is 0 Å². The van der Waals surface area contributed by atoms with Gasteiger partial charge in [-0.15, -0.1) is 0 Å². The van der Waals surface area contributed by atoms with Crippen LogP contribution in [-0.4, -0.2) is 11.2 Å². The molecule has 1 nitrogen and oxygen atoms in total. The SMILES string of the molecule is OC1CCC[C+]1Cl. The first-order chi connectivity index (χ1) is 3.30. The molecule has 7 heavy (non-hydrogen) atoms. The third-order valence-corrected chi connectivity index (χ3v) is 1.70. The van der Waals surface area contributed by atoms with Crippen LogP contribution in [0.4, 0.5) is 0 Å². The van der Waals surface area contributed by atoms with Gasteiger partial charge in [0.25, 0.3) is 0 Å². The molecule has 0 aromatic rings. The standard InChI is InChI=1S/C5H8ClO/c6-4-2-1-3-5(4)7/h5,7H,1-3H2/q+1. The monoisotopic (exact) mass is 119 g/mol. The van der Waals surface area contributed by atoms with Gasteiger partial charge < -0.3 is 5.11 Å². The van der Waals surface area contributed by atoms with Crippen LogP contribution in [0.15, 0.2) is 0 Å². The molecule has 0 aromatic heterocycles. The molecule has 1 N–H and O–H groups in total. The minimum Gasteiger partial charge on any atom is -0.352 e. The Kier molecular flexibility index (Phi) is 1.45. The maximum atomic E-state index is 8.83. The fourth-order valence-electron chi connectivity index (χ4n) is 0.788. The molecule has 1 saturated carbocycles. The maximum Gasteiger partial charge on any atom is 0.230 e. The maximum absolute atomic E-state index is 8.83. The van der Waals surface area contributed by atoms with Crippen molar-refractivity contribution in [2.75, 3.05) is 0 Å². The lowest BCUT2D eigenvalue weighted by atomic mass is 10.3. The summed E-state index contributed by atoms with van der Waals surface area (Å²) in [6.07, 6.45) is 2.52. The van der Waals surface area contributed by atoms with Gasteiger partial charge in [-0.1, -0.05) is 0 Å². The van der Waals surface area contributed by atoms with Gasteiger partial charge in [0.2, 0.25) is 11.5 Å². The predicted molar refractivity (Wildman–Crippen MR) is 29.0 cm³/mol. The molecular formula is C5H8ClO+. The van der Waals surface area contributed by atoms with E-state index in [9.17, 15) is 0 Å². The first-order valence-corrected chi connectivity index (χ1v) is 2.88. The summed E-state index contributed by atoms with van der Waals surface area (Å²) in [6, 6.07) is 0. The predicted octanol–water partition coefficient (Wildman–Crippen LogP) is 1.30. The van der Waals surface area contributed by atoms with E-state index >= 15 is 0 Å². The summed E-state index contributed by atoms with van der Waals surface area (Å²) in [5, 5.41) is 9.56. The van der Waals surface area contributed by atoms with Gasteiger partial charge in [0.15, 0.2) is 0 Å². The zero-order valence-corrected chi connectivity index (χ0v) is 4.78. The minimum atomic E-state index is -0.304. The van der Waals surface area contributed by atoms with Gasteiger partial charge in [-0.2, -0.15) is 0 Å². The largest absolute Gasteiger partial charge is 0.352 e. The molecule has 1 aliphatic carbocycles. The molecule has 1 aliphatic rings. The molecule has 0 radical (unpaired) electrons. The summed E-state index contributed by atoms with van der Waals surface area (Å²) >= 11 is 5.53. The van der Waals surface area contributed by atoms with Gasteiger partial charge in [0.05, 0.1) is 0 Å². The second kappa shape index (κ2) is 1.93. The zero-order valence-electron chi connectivity index (χ0n) is 4.02. The molecule has 0 heterocycles. The van der Waals surface area contributed by atoms with Crippen LogP contribution in [0, 0.1) is 5.38 Å². The molecule has 1 unspecified atom stereocenters. The summed E-state index contributed by atoms with van der Waals surface area (Å²) < 4.78 is 0. The van der Waals surface area contributed by atoms with Crippen LogP contribution >= 0.6 is 11.6 Å². The fraction of sp³-hybridized carbons (Fsp3) is 0.800. The van der Waals surface area contributed by atoms with Crippen molar-refractivity contribution >= 4 is 11.6 Å². The highest BCUT2D eigenvalue weighted by atomic mass is 35.5. The van der Waals surface area contributed by atoms with Gasteiger partial charge in [0.1, 0.15) is 18.0 Å². The second-order valence-electron chi connectivity index (χ2n) is 1.85. The Morgan fingerprint density at radius 1 is 1.71 bits per heavy atom. The average molecular weight is 120 g/mol. The normalized spacial score (nSPS) is 31.7. The van der Waals surface area contributed by atoms with E-state index in [1.165, 1.54) is 0 Å². The van der Waals surface area contributed by atoms with Crippen molar-refractivity contribution < 1.29 is 5.11 Å². The highest BCUT2D eigenvalue weighted by molar-refractivity contribution is 6.27. The zero-order chi connectivity index (χ0) is 5.28. The molecule has 40 valence electrons. The third-order valence-electron chi connectivity index (χ3n) is 1.25. The van der Waals surface area contributed by atoms with Gasteiger partial charge >= 0.3 is 0 Å². The van der Waals surface area contributed by atoms with Crippen molar-refractivity contribution in [1.29, 1.82) is 0 Å². The summed E-state index contributed by atoms with van der Waals surface area (Å²) in [4.78, 5) is 0. The van der Waals surface area contributed by atoms with E-state index in [-0.39, 0.29) is 6.10 Å². The van der Waals surface area contributed by atoms with Crippen molar-refractivity contribution in [2.24, 2.45) is 0 Å². The first-order valence-electron chi connectivity index (χ1n) is 2.50. The molecule has 0 bridgehead atoms. The lowest BCUT2D eigenvalue weighted by molar-refractivity contribution is 0.209. The number of rotatable bonds is 0. The van der Waals surface area contributed by atoms with Crippen molar-refractivity contribution in [1.82, 2.24) is 0 Å². The van der Waals surface area contributed by atoms with Crippen LogP contribution in [0.1, 0.15) is 19.3 Å². The summed E-state index contributed by atoms with van der Waals surface area (Å²) in [6.45, 7) is 0. The summed E-state index contributed by atoms with van der Waals surface area (Å²) in [5.41, 5.74) is 0. The van der Waals surface area contributed by atoms with Crippen molar-refractivity contribution in [2.45, 2.75) is 25.4 Å². The molecule has 0 spiro atoms. The Morgan fingerprint density at radius 2 is 2.43 bits per heavy atom. The first kappa shape index (κ1) is 5.26. The van der Waals surface area contributed by atoms with Crippen LogP contribution in [0.25, 0.3) is 0 Å². The van der Waals surface area contributed by atoms with E-state index in [4.69, 9.17) is 16.7 Å². The van der Waals surface area contributed by atoms with Crippen LogP contribution in [-0.2, 0) is 0 Å². The Labute approximate surface area is 48.3 Å². The lowest BCUT2D eigenvalue weighted by Gasteiger charge is -1.88. The Bertz CT molecular complexity index is 57.1. The molecule has 0 aliphatic heterocycles. The summed E-state index contributed by atoms with van der Waals surface area (Å²) in [7, 11) is 0. The van der Waals surface area contributed by atoms with Gasteiger partial charge in [-0.3, -0.25) is 0 Å². The number of aliphatic hydroxyl groups is 1. The van der Waals surface area contributed by atoms with Crippen molar-refractivity contribution in [3.63, 3.8) is 0 Å². The molecule has 1 fully saturated rings. The quantitative estimate of drug-likeness (QED) is 0.477. The molecule has 0 aromatic carbocycles. The van der Waals surface area contributed by atoms with Crippen molar-refractivity contribution in [3.8, 4) is 0 Å². The van der Waals surface area contributed by atoms with Crippen LogP contribution in [0.5, 0.6) is 0 Å². The van der Waals surface area contributed by atoms with Gasteiger partial charge in [-0.05, 0) is 6.42 Å². The van der Waals surface area contributed by atoms with Crippen molar-refractivity contribution in [3.05, 3.63) is 5.38 Å².